The standard InChI is InChI=1S/C21H26N2O4/c24-20(9-5-17-26-18-6-2-1-3-7-18)22-12-14-23(15-13-22)21(25)11-10-19-8-4-16-27-19/h1-4,6-8,16H,5,9-15,17H2. The van der Waals surface area contributed by atoms with E-state index < -0.39 is 0 Å². The second-order valence-corrected chi connectivity index (χ2v) is 6.61. The summed E-state index contributed by atoms with van der Waals surface area (Å²) in [6, 6.07) is 13.3. The van der Waals surface area contributed by atoms with Gasteiger partial charge >= 0.3 is 0 Å². The largest absolute Gasteiger partial charge is 0.494 e. The average molecular weight is 370 g/mol. The number of carbonyl (C=O) groups is 2. The summed E-state index contributed by atoms with van der Waals surface area (Å²) in [5, 5.41) is 0. The van der Waals surface area contributed by atoms with Crippen molar-refractivity contribution in [2.75, 3.05) is 32.8 Å². The molecule has 6 nitrogen and oxygen atoms in total. The van der Waals surface area contributed by atoms with Crippen LogP contribution in [-0.2, 0) is 16.0 Å². The smallest absolute Gasteiger partial charge is 0.223 e. The van der Waals surface area contributed by atoms with Crippen molar-refractivity contribution >= 4 is 11.8 Å². The molecule has 0 N–H and O–H groups in total. The lowest BCUT2D eigenvalue weighted by Gasteiger charge is -2.35. The third-order valence-electron chi connectivity index (χ3n) is 4.70. The number of furan rings is 1. The first-order chi connectivity index (χ1) is 13.2. The normalized spacial score (nSPS) is 14.2. The molecule has 0 unspecified atom stereocenters. The quantitative estimate of drug-likeness (QED) is 0.671. The maximum atomic E-state index is 12.3. The second-order valence-electron chi connectivity index (χ2n) is 6.61. The maximum Gasteiger partial charge on any atom is 0.223 e. The number of nitrogens with zero attached hydrogens (tertiary/aromatic N) is 2. The summed E-state index contributed by atoms with van der Waals surface area (Å²) in [6.07, 6.45) is 3.84. The Balaban J connectivity index is 1.31. The fraction of sp³-hybridized carbons (Fsp3) is 0.429. The molecule has 0 spiro atoms. The minimum atomic E-state index is 0.120. The summed E-state index contributed by atoms with van der Waals surface area (Å²) in [5.41, 5.74) is 0. The second kappa shape index (κ2) is 9.80. The zero-order chi connectivity index (χ0) is 18.9. The van der Waals surface area contributed by atoms with Gasteiger partial charge in [0.2, 0.25) is 11.8 Å². The molecule has 1 aromatic carbocycles. The lowest BCUT2D eigenvalue weighted by Crippen LogP contribution is -2.50. The number of rotatable bonds is 8. The summed E-state index contributed by atoms with van der Waals surface area (Å²) < 4.78 is 10.9. The molecule has 0 radical (unpaired) electrons. The van der Waals surface area contributed by atoms with Gasteiger partial charge in [0, 0.05) is 45.4 Å². The molecule has 1 fully saturated rings. The molecule has 0 aliphatic carbocycles. The first kappa shape index (κ1) is 19.0. The molecule has 0 bridgehead atoms. The lowest BCUT2D eigenvalue weighted by atomic mass is 10.2. The van der Waals surface area contributed by atoms with Crippen LogP contribution in [0.5, 0.6) is 5.75 Å². The first-order valence-electron chi connectivity index (χ1n) is 9.48. The van der Waals surface area contributed by atoms with Crippen LogP contribution in [0.4, 0.5) is 0 Å². The maximum absolute atomic E-state index is 12.3. The summed E-state index contributed by atoms with van der Waals surface area (Å²) in [5.74, 6) is 1.91. The Kier molecular flexibility index (Phi) is 6.90. The van der Waals surface area contributed by atoms with Crippen LogP contribution in [0.1, 0.15) is 25.0 Å². The first-order valence-corrected chi connectivity index (χ1v) is 9.48. The van der Waals surface area contributed by atoms with E-state index in [1.807, 2.05) is 52.3 Å². The molecule has 1 saturated heterocycles. The van der Waals surface area contributed by atoms with E-state index >= 15 is 0 Å². The highest BCUT2D eigenvalue weighted by molar-refractivity contribution is 5.78. The van der Waals surface area contributed by atoms with Crippen molar-refractivity contribution in [3.05, 3.63) is 54.5 Å². The molecule has 144 valence electrons. The molecule has 2 aromatic rings. The van der Waals surface area contributed by atoms with Gasteiger partial charge in [-0.3, -0.25) is 9.59 Å². The van der Waals surface area contributed by atoms with E-state index in [0.29, 0.717) is 58.5 Å². The summed E-state index contributed by atoms with van der Waals surface area (Å²) in [4.78, 5) is 28.3. The van der Waals surface area contributed by atoms with E-state index in [1.54, 1.807) is 6.26 Å². The molecule has 1 aliphatic heterocycles. The van der Waals surface area contributed by atoms with Crippen molar-refractivity contribution in [2.24, 2.45) is 0 Å². The van der Waals surface area contributed by atoms with Crippen LogP contribution in [0.25, 0.3) is 0 Å². The lowest BCUT2D eigenvalue weighted by molar-refractivity contribution is -0.139. The fourth-order valence-corrected chi connectivity index (χ4v) is 3.14. The number of benzene rings is 1. The van der Waals surface area contributed by atoms with Crippen LogP contribution >= 0.6 is 0 Å². The van der Waals surface area contributed by atoms with Crippen LogP contribution in [0.15, 0.2) is 53.1 Å². The zero-order valence-electron chi connectivity index (χ0n) is 15.5. The highest BCUT2D eigenvalue weighted by atomic mass is 16.5. The molecule has 1 aliphatic rings. The molecule has 2 amide bonds. The van der Waals surface area contributed by atoms with Crippen LogP contribution in [0.2, 0.25) is 0 Å². The molecule has 1 aromatic heterocycles. The van der Waals surface area contributed by atoms with Gasteiger partial charge in [-0.05, 0) is 30.7 Å². The van der Waals surface area contributed by atoms with Crippen LogP contribution in [0.3, 0.4) is 0 Å². The van der Waals surface area contributed by atoms with E-state index in [0.717, 1.165) is 11.5 Å². The Morgan fingerprint density at radius 1 is 0.889 bits per heavy atom. The number of piperazine rings is 1. The number of hydrogen-bond donors (Lipinski definition) is 0. The molecule has 0 atom stereocenters. The Morgan fingerprint density at radius 3 is 2.19 bits per heavy atom. The Labute approximate surface area is 159 Å². The SMILES string of the molecule is O=C(CCCOc1ccccc1)N1CCN(C(=O)CCc2ccco2)CC1. The van der Waals surface area contributed by atoms with Crippen molar-refractivity contribution in [1.29, 1.82) is 0 Å². The zero-order valence-corrected chi connectivity index (χ0v) is 15.5. The number of ether oxygens (including phenoxy) is 1. The Bertz CT molecular complexity index is 707. The molecule has 0 saturated carbocycles. The van der Waals surface area contributed by atoms with Gasteiger partial charge < -0.3 is 19.0 Å². The van der Waals surface area contributed by atoms with Gasteiger partial charge in [-0.15, -0.1) is 0 Å². The van der Waals surface area contributed by atoms with Gasteiger partial charge in [-0.25, -0.2) is 0 Å². The van der Waals surface area contributed by atoms with Gasteiger partial charge in [-0.2, -0.15) is 0 Å². The number of hydrogen-bond acceptors (Lipinski definition) is 4. The van der Waals surface area contributed by atoms with E-state index in [2.05, 4.69) is 0 Å². The Hall–Kier alpha value is -2.76. The number of para-hydroxylation sites is 1. The van der Waals surface area contributed by atoms with Gasteiger partial charge in [0.05, 0.1) is 12.9 Å². The summed E-state index contributed by atoms with van der Waals surface area (Å²) in [7, 11) is 0. The molecular formula is C21H26N2O4. The van der Waals surface area contributed by atoms with E-state index in [4.69, 9.17) is 9.15 Å². The van der Waals surface area contributed by atoms with Crippen LogP contribution in [0, 0.1) is 0 Å². The van der Waals surface area contributed by atoms with Crippen molar-refractivity contribution in [3.63, 3.8) is 0 Å². The predicted molar refractivity (Wildman–Crippen MR) is 101 cm³/mol. The monoisotopic (exact) mass is 370 g/mol. The fourth-order valence-electron chi connectivity index (χ4n) is 3.14. The third kappa shape index (κ3) is 5.88. The minimum absolute atomic E-state index is 0.120. The Morgan fingerprint density at radius 2 is 1.56 bits per heavy atom. The molecule has 3 rings (SSSR count). The predicted octanol–water partition coefficient (Wildman–Crippen LogP) is 2.74. The summed E-state index contributed by atoms with van der Waals surface area (Å²) in [6.45, 7) is 2.93. The minimum Gasteiger partial charge on any atom is -0.494 e. The van der Waals surface area contributed by atoms with Gasteiger partial charge in [0.15, 0.2) is 0 Å². The van der Waals surface area contributed by atoms with Gasteiger partial charge in [-0.1, -0.05) is 18.2 Å². The summed E-state index contributed by atoms with van der Waals surface area (Å²) >= 11 is 0. The van der Waals surface area contributed by atoms with Crippen LogP contribution < -0.4 is 4.74 Å². The highest BCUT2D eigenvalue weighted by Crippen LogP contribution is 2.11. The average Bonchev–Trinajstić information content (AvgIpc) is 3.24. The van der Waals surface area contributed by atoms with Crippen molar-refractivity contribution in [1.82, 2.24) is 9.80 Å². The number of amides is 2. The molecule has 27 heavy (non-hydrogen) atoms. The van der Waals surface area contributed by atoms with E-state index in [-0.39, 0.29) is 11.8 Å². The molecule has 2 heterocycles. The molecular weight excluding hydrogens is 344 g/mol. The highest BCUT2D eigenvalue weighted by Gasteiger charge is 2.23. The van der Waals surface area contributed by atoms with Gasteiger partial charge in [0.25, 0.3) is 0 Å². The molecule has 6 heteroatoms. The van der Waals surface area contributed by atoms with Crippen molar-refractivity contribution in [3.8, 4) is 5.75 Å². The van der Waals surface area contributed by atoms with E-state index in [9.17, 15) is 9.59 Å². The van der Waals surface area contributed by atoms with E-state index in [1.165, 1.54) is 0 Å². The van der Waals surface area contributed by atoms with Crippen molar-refractivity contribution < 1.29 is 18.7 Å². The van der Waals surface area contributed by atoms with Crippen molar-refractivity contribution in [2.45, 2.75) is 25.7 Å². The third-order valence-corrected chi connectivity index (χ3v) is 4.70. The van der Waals surface area contributed by atoms with Gasteiger partial charge in [0.1, 0.15) is 11.5 Å². The topological polar surface area (TPSA) is 63.0 Å². The van der Waals surface area contributed by atoms with Crippen LogP contribution in [-0.4, -0.2) is 54.4 Å². The number of aryl methyl sites for hydroxylation is 1. The number of carbonyl (C=O) groups excluding carboxylic acids is 2.